The molecule has 9 aromatic carbocycles. The highest BCUT2D eigenvalue weighted by molar-refractivity contribution is 5.97. The molecule has 0 radical (unpaired) electrons. The molecule has 0 fully saturated rings. The SMILES string of the molecule is CCC1CCC2(/C=C/C(C)C1)c1ccccc1-c1ccc(-c3cccc(N(c4ccc5c(c4)-c4ccccc4CCc4ccccc4-c4ccccc4-5)c4ccccc4-c4ccccc4)c3)cc12. The van der Waals surface area contributed by atoms with Crippen LogP contribution in [0.3, 0.4) is 0 Å². The smallest absolute Gasteiger partial charge is 0.0540 e. The van der Waals surface area contributed by atoms with E-state index in [1.165, 1.54) is 108 Å². The second kappa shape index (κ2) is 17.6. The van der Waals surface area contributed by atoms with E-state index < -0.39 is 0 Å². The van der Waals surface area contributed by atoms with Crippen LogP contribution in [0.5, 0.6) is 0 Å². The predicted octanol–water partition coefficient (Wildman–Crippen LogP) is 18.3. The largest absolute Gasteiger partial charge is 0.310 e. The first kappa shape index (κ1) is 41.9. The molecule has 3 unspecified atom stereocenters. The Balaban J connectivity index is 1.05. The molecule has 0 saturated carbocycles. The van der Waals surface area contributed by atoms with Gasteiger partial charge in [0.1, 0.15) is 0 Å². The monoisotopic (exact) mass is 875 g/mol. The molecule has 1 nitrogen and oxygen atoms in total. The van der Waals surface area contributed by atoms with Gasteiger partial charge in [-0.2, -0.15) is 0 Å². The van der Waals surface area contributed by atoms with Gasteiger partial charge in [0.15, 0.2) is 0 Å². The Labute approximate surface area is 403 Å². The van der Waals surface area contributed by atoms with Gasteiger partial charge in [-0.05, 0) is 164 Å². The van der Waals surface area contributed by atoms with E-state index in [4.69, 9.17) is 0 Å². The number of fused-ring (bicyclic) bond motifs is 12. The lowest BCUT2D eigenvalue weighted by Gasteiger charge is -2.34. The van der Waals surface area contributed by atoms with Crippen molar-refractivity contribution in [2.75, 3.05) is 4.90 Å². The first-order chi connectivity index (χ1) is 33.6. The predicted molar refractivity (Wildman–Crippen MR) is 288 cm³/mol. The Bertz CT molecular complexity index is 3350. The van der Waals surface area contributed by atoms with Crippen molar-refractivity contribution in [3.63, 3.8) is 0 Å². The van der Waals surface area contributed by atoms with E-state index in [1.807, 2.05) is 0 Å². The third-order valence-corrected chi connectivity index (χ3v) is 15.6. The fraction of sp³-hybridized carbons (Fsp3) is 0.164. The molecule has 1 heteroatoms. The van der Waals surface area contributed by atoms with E-state index in [2.05, 4.69) is 243 Å². The average molecular weight is 876 g/mol. The molecule has 0 N–H and O–H groups in total. The van der Waals surface area contributed by atoms with Crippen LogP contribution in [0.15, 0.2) is 224 Å². The minimum absolute atomic E-state index is 0.141. The summed E-state index contributed by atoms with van der Waals surface area (Å²) in [5.41, 5.74) is 24.2. The van der Waals surface area contributed by atoms with Crippen LogP contribution in [0, 0.1) is 11.8 Å². The van der Waals surface area contributed by atoms with Gasteiger partial charge in [0.2, 0.25) is 0 Å². The molecular weight excluding hydrogens is 819 g/mol. The number of hydrogen-bond donors (Lipinski definition) is 0. The fourth-order valence-corrected chi connectivity index (χ4v) is 12.1. The number of para-hydroxylation sites is 1. The molecule has 68 heavy (non-hydrogen) atoms. The Morgan fingerprint density at radius 2 is 1.00 bits per heavy atom. The van der Waals surface area contributed by atoms with E-state index in [0.717, 1.165) is 42.2 Å². The summed E-state index contributed by atoms with van der Waals surface area (Å²) < 4.78 is 0. The molecule has 0 aromatic heterocycles. The van der Waals surface area contributed by atoms with Crippen LogP contribution < -0.4 is 4.90 Å². The minimum atomic E-state index is -0.141. The van der Waals surface area contributed by atoms with Gasteiger partial charge in [-0.15, -0.1) is 0 Å². The van der Waals surface area contributed by atoms with Crippen molar-refractivity contribution in [3.8, 4) is 66.8 Å². The van der Waals surface area contributed by atoms with Crippen LogP contribution in [-0.2, 0) is 18.3 Å². The number of rotatable bonds is 6. The molecule has 0 aliphatic heterocycles. The summed E-state index contributed by atoms with van der Waals surface area (Å²) in [7, 11) is 0. The summed E-state index contributed by atoms with van der Waals surface area (Å²) in [5.74, 6) is 1.29. The average Bonchev–Trinajstić information content (AvgIpc) is 3.67. The third kappa shape index (κ3) is 7.33. The van der Waals surface area contributed by atoms with E-state index >= 15 is 0 Å². The number of anilines is 3. The van der Waals surface area contributed by atoms with E-state index in [-0.39, 0.29) is 5.41 Å². The highest BCUT2D eigenvalue weighted by atomic mass is 15.1. The van der Waals surface area contributed by atoms with Crippen molar-refractivity contribution in [2.45, 2.75) is 57.8 Å². The second-order valence-corrected chi connectivity index (χ2v) is 19.5. The summed E-state index contributed by atoms with van der Waals surface area (Å²) in [6.07, 6.45) is 11.9. The zero-order chi connectivity index (χ0) is 45.6. The Morgan fingerprint density at radius 1 is 0.441 bits per heavy atom. The molecule has 3 aliphatic rings. The second-order valence-electron chi connectivity index (χ2n) is 19.5. The lowest BCUT2D eigenvalue weighted by Crippen LogP contribution is -2.26. The Morgan fingerprint density at radius 3 is 1.76 bits per heavy atom. The maximum Gasteiger partial charge on any atom is 0.0540 e. The van der Waals surface area contributed by atoms with Crippen molar-refractivity contribution in [2.24, 2.45) is 11.8 Å². The van der Waals surface area contributed by atoms with Gasteiger partial charge in [-0.3, -0.25) is 0 Å². The lowest BCUT2D eigenvalue weighted by atomic mass is 9.69. The maximum absolute atomic E-state index is 2.59. The van der Waals surface area contributed by atoms with E-state index in [1.54, 1.807) is 0 Å². The van der Waals surface area contributed by atoms with E-state index in [0.29, 0.717) is 5.92 Å². The van der Waals surface area contributed by atoms with Crippen molar-refractivity contribution in [1.29, 1.82) is 0 Å². The number of hydrogen-bond acceptors (Lipinski definition) is 1. The van der Waals surface area contributed by atoms with Crippen LogP contribution in [0.4, 0.5) is 17.1 Å². The van der Waals surface area contributed by atoms with Crippen LogP contribution in [0.1, 0.15) is 61.8 Å². The zero-order valence-electron chi connectivity index (χ0n) is 39.2. The van der Waals surface area contributed by atoms with Gasteiger partial charge in [0, 0.05) is 22.4 Å². The van der Waals surface area contributed by atoms with Gasteiger partial charge in [0.05, 0.1) is 5.69 Å². The molecule has 330 valence electrons. The molecule has 0 bridgehead atoms. The number of benzene rings is 9. The van der Waals surface area contributed by atoms with Crippen molar-refractivity contribution in [3.05, 3.63) is 247 Å². The van der Waals surface area contributed by atoms with E-state index in [9.17, 15) is 0 Å². The van der Waals surface area contributed by atoms with Gasteiger partial charge < -0.3 is 4.90 Å². The van der Waals surface area contributed by atoms with Crippen molar-refractivity contribution in [1.82, 2.24) is 0 Å². The Hall–Kier alpha value is -7.48. The summed E-state index contributed by atoms with van der Waals surface area (Å²) in [6.45, 7) is 4.79. The quantitative estimate of drug-likeness (QED) is 0.150. The van der Waals surface area contributed by atoms with Crippen molar-refractivity contribution >= 4 is 17.1 Å². The highest BCUT2D eigenvalue weighted by Crippen LogP contribution is 2.55. The number of nitrogens with zero attached hydrogens (tertiary/aromatic N) is 1. The minimum Gasteiger partial charge on any atom is -0.310 e. The Kier molecular flexibility index (Phi) is 10.9. The molecule has 3 aliphatic carbocycles. The van der Waals surface area contributed by atoms with Gasteiger partial charge >= 0.3 is 0 Å². The van der Waals surface area contributed by atoms with Crippen molar-refractivity contribution < 1.29 is 0 Å². The highest BCUT2D eigenvalue weighted by Gasteiger charge is 2.42. The molecular formula is C67H57N. The zero-order valence-corrected chi connectivity index (χ0v) is 39.2. The standard InChI is InChI=1S/C67H57N/c1-3-47-39-41-67(40-38-46(2)42-47)64-30-15-13-29-61(64)62-36-34-52(44-65(62)67)51-22-17-23-53(43-51)68(66-31-16-14-26-57(66)48-18-5-4-6-19-48)54-35-37-60-59-28-12-11-27-58(59)55-24-9-7-20-49(55)32-33-50-21-8-10-25-56(50)63(60)45-54/h4-31,34-38,40,43-47H,3,32-33,39,41-42H2,1-2H3/b40-38+. The number of aryl methyl sites for hydroxylation is 2. The molecule has 0 amide bonds. The first-order valence-corrected chi connectivity index (χ1v) is 24.9. The summed E-state index contributed by atoms with van der Waals surface area (Å²) in [6, 6.07) is 79.9. The molecule has 1 spiro atoms. The normalized spacial score (nSPS) is 18.4. The summed E-state index contributed by atoms with van der Waals surface area (Å²) in [5, 5.41) is 0. The van der Waals surface area contributed by atoms with Gasteiger partial charge in [-0.1, -0.05) is 208 Å². The molecule has 3 atom stereocenters. The van der Waals surface area contributed by atoms with Crippen LogP contribution >= 0.6 is 0 Å². The van der Waals surface area contributed by atoms with Crippen LogP contribution in [-0.4, -0.2) is 0 Å². The van der Waals surface area contributed by atoms with Crippen LogP contribution in [0.2, 0.25) is 0 Å². The summed E-state index contributed by atoms with van der Waals surface area (Å²) in [4.78, 5) is 2.50. The molecule has 0 saturated heterocycles. The third-order valence-electron chi connectivity index (χ3n) is 15.6. The van der Waals surface area contributed by atoms with Gasteiger partial charge in [-0.25, -0.2) is 0 Å². The first-order valence-electron chi connectivity index (χ1n) is 24.9. The molecule has 12 rings (SSSR count). The topological polar surface area (TPSA) is 3.24 Å². The van der Waals surface area contributed by atoms with Crippen LogP contribution in [0.25, 0.3) is 66.8 Å². The molecule has 9 aromatic rings. The molecule has 0 heterocycles. The van der Waals surface area contributed by atoms with Gasteiger partial charge in [0.25, 0.3) is 0 Å². The fourth-order valence-electron chi connectivity index (χ4n) is 12.1. The maximum atomic E-state index is 2.59. The lowest BCUT2D eigenvalue weighted by molar-refractivity contribution is 0.350. The number of allylic oxidation sites excluding steroid dienone is 2. The summed E-state index contributed by atoms with van der Waals surface area (Å²) >= 11 is 0.